The summed E-state index contributed by atoms with van der Waals surface area (Å²) in [5.74, 6) is 0.845. The third kappa shape index (κ3) is 3.36. The summed E-state index contributed by atoms with van der Waals surface area (Å²) in [5.41, 5.74) is 7.85. The van der Waals surface area contributed by atoms with E-state index in [4.69, 9.17) is 15.1 Å². The van der Waals surface area contributed by atoms with E-state index in [1.54, 1.807) is 16.9 Å². The number of fused-ring (bicyclic) bond motifs is 1. The van der Waals surface area contributed by atoms with Crippen LogP contribution in [0.2, 0.25) is 0 Å². The number of benzene rings is 1. The molecule has 6 nitrogen and oxygen atoms in total. The number of primary amides is 1. The zero-order chi connectivity index (χ0) is 19.7. The van der Waals surface area contributed by atoms with Crippen LogP contribution < -0.4 is 11.3 Å². The molecule has 0 bridgehead atoms. The topological polar surface area (TPSA) is 91.1 Å². The summed E-state index contributed by atoms with van der Waals surface area (Å²) in [6.07, 6.45) is 2.27. The van der Waals surface area contributed by atoms with E-state index in [2.05, 4.69) is 0 Å². The SMILES string of the molecule is Cc1ccc(-c2nc3scc(-c4ccco4)c3c(=O)n2CCCC(N)=O)cc1. The lowest BCUT2D eigenvalue weighted by Crippen LogP contribution is -2.24. The van der Waals surface area contributed by atoms with Crippen LogP contribution in [0, 0.1) is 6.92 Å². The van der Waals surface area contributed by atoms with Gasteiger partial charge in [0.1, 0.15) is 16.4 Å². The second-order valence-corrected chi connectivity index (χ2v) is 7.49. The number of hydrogen-bond acceptors (Lipinski definition) is 5. The number of aromatic nitrogens is 2. The average Bonchev–Trinajstić information content (AvgIpc) is 3.33. The number of amides is 1. The average molecular weight is 393 g/mol. The predicted molar refractivity (Wildman–Crippen MR) is 110 cm³/mol. The molecule has 0 aliphatic heterocycles. The van der Waals surface area contributed by atoms with Crippen molar-refractivity contribution in [1.29, 1.82) is 0 Å². The molecule has 4 aromatic rings. The normalized spacial score (nSPS) is 11.2. The minimum atomic E-state index is -0.384. The first-order valence-electron chi connectivity index (χ1n) is 8.96. The van der Waals surface area contributed by atoms with E-state index in [0.29, 0.717) is 34.8 Å². The molecule has 0 aliphatic rings. The van der Waals surface area contributed by atoms with Gasteiger partial charge in [-0.3, -0.25) is 14.2 Å². The fourth-order valence-corrected chi connectivity index (χ4v) is 4.10. The second kappa shape index (κ2) is 7.44. The summed E-state index contributed by atoms with van der Waals surface area (Å²) in [5, 5.41) is 2.43. The molecule has 3 heterocycles. The summed E-state index contributed by atoms with van der Waals surface area (Å²) in [6.45, 7) is 2.37. The van der Waals surface area contributed by atoms with Gasteiger partial charge >= 0.3 is 0 Å². The Balaban J connectivity index is 1.91. The van der Waals surface area contributed by atoms with Gasteiger partial charge in [-0.2, -0.15) is 0 Å². The van der Waals surface area contributed by atoms with Gasteiger partial charge in [0.2, 0.25) is 5.91 Å². The lowest BCUT2D eigenvalue weighted by Gasteiger charge is -2.13. The molecule has 142 valence electrons. The molecule has 0 saturated carbocycles. The molecule has 0 unspecified atom stereocenters. The van der Waals surface area contributed by atoms with Crippen molar-refractivity contribution >= 4 is 27.5 Å². The highest BCUT2D eigenvalue weighted by Crippen LogP contribution is 2.32. The van der Waals surface area contributed by atoms with Gasteiger partial charge in [-0.25, -0.2) is 4.98 Å². The zero-order valence-electron chi connectivity index (χ0n) is 15.3. The van der Waals surface area contributed by atoms with Crippen LogP contribution in [-0.2, 0) is 11.3 Å². The molecule has 0 fully saturated rings. The summed E-state index contributed by atoms with van der Waals surface area (Å²) in [4.78, 5) is 30.0. The lowest BCUT2D eigenvalue weighted by atomic mass is 10.1. The molecule has 1 amide bonds. The Hall–Kier alpha value is -3.19. The van der Waals surface area contributed by atoms with E-state index in [-0.39, 0.29) is 17.9 Å². The fraction of sp³-hybridized carbons (Fsp3) is 0.190. The molecule has 3 aromatic heterocycles. The summed E-state index contributed by atoms with van der Waals surface area (Å²) >= 11 is 1.42. The Labute approximate surface area is 165 Å². The number of carbonyl (C=O) groups excluding carboxylic acids is 1. The Morgan fingerprint density at radius 2 is 2.04 bits per heavy atom. The van der Waals surface area contributed by atoms with Crippen molar-refractivity contribution in [3.05, 3.63) is 64.0 Å². The number of carbonyl (C=O) groups is 1. The molecule has 0 atom stereocenters. The summed E-state index contributed by atoms with van der Waals surface area (Å²) in [7, 11) is 0. The number of hydrogen-bond donors (Lipinski definition) is 1. The number of nitrogens with zero attached hydrogens (tertiary/aromatic N) is 2. The van der Waals surface area contributed by atoms with Crippen LogP contribution in [0.4, 0.5) is 0 Å². The second-order valence-electron chi connectivity index (χ2n) is 6.63. The van der Waals surface area contributed by atoms with Crippen molar-refractivity contribution in [3.63, 3.8) is 0 Å². The summed E-state index contributed by atoms with van der Waals surface area (Å²) in [6, 6.07) is 11.5. The van der Waals surface area contributed by atoms with Crippen LogP contribution in [0.5, 0.6) is 0 Å². The van der Waals surface area contributed by atoms with Gasteiger partial charge in [-0.05, 0) is 25.5 Å². The highest BCUT2D eigenvalue weighted by Gasteiger charge is 2.19. The molecule has 0 spiro atoms. The molecule has 2 N–H and O–H groups in total. The quantitative estimate of drug-likeness (QED) is 0.537. The van der Waals surface area contributed by atoms with Gasteiger partial charge in [0.05, 0.1) is 11.6 Å². The molecule has 0 saturated heterocycles. The maximum absolute atomic E-state index is 13.4. The van der Waals surface area contributed by atoms with Gasteiger partial charge in [-0.15, -0.1) is 11.3 Å². The van der Waals surface area contributed by atoms with Gasteiger partial charge in [0, 0.05) is 29.5 Å². The molecular formula is C21H19N3O3S. The Morgan fingerprint density at radius 1 is 1.25 bits per heavy atom. The van der Waals surface area contributed by atoms with Crippen LogP contribution in [-0.4, -0.2) is 15.5 Å². The van der Waals surface area contributed by atoms with Gasteiger partial charge in [0.15, 0.2) is 0 Å². The zero-order valence-corrected chi connectivity index (χ0v) is 16.2. The molecule has 0 aliphatic carbocycles. The largest absolute Gasteiger partial charge is 0.464 e. The van der Waals surface area contributed by atoms with Crippen LogP contribution in [0.15, 0.2) is 57.3 Å². The molecule has 7 heteroatoms. The standard InChI is InChI=1S/C21H19N3O3S/c1-13-6-8-14(9-7-13)19-23-20-18(15(12-28-20)16-4-3-11-27-16)21(26)24(19)10-2-5-17(22)25/h3-4,6-9,11-12H,2,5,10H2,1H3,(H2,22,25). The van der Waals surface area contributed by atoms with Crippen molar-refractivity contribution in [2.45, 2.75) is 26.3 Å². The minimum Gasteiger partial charge on any atom is -0.464 e. The maximum Gasteiger partial charge on any atom is 0.263 e. The van der Waals surface area contributed by atoms with Crippen molar-refractivity contribution in [2.75, 3.05) is 0 Å². The third-order valence-electron chi connectivity index (χ3n) is 4.60. The Bertz CT molecular complexity index is 1190. The first-order chi connectivity index (χ1) is 13.5. The van der Waals surface area contributed by atoms with Gasteiger partial charge in [-0.1, -0.05) is 29.8 Å². The first kappa shape index (κ1) is 18.2. The number of aryl methyl sites for hydroxylation is 1. The van der Waals surface area contributed by atoms with E-state index in [1.165, 1.54) is 11.3 Å². The van der Waals surface area contributed by atoms with Crippen molar-refractivity contribution < 1.29 is 9.21 Å². The smallest absolute Gasteiger partial charge is 0.263 e. The van der Waals surface area contributed by atoms with E-state index >= 15 is 0 Å². The Kier molecular flexibility index (Phi) is 4.83. The molecule has 4 rings (SSSR count). The van der Waals surface area contributed by atoms with Crippen molar-refractivity contribution in [3.8, 4) is 22.7 Å². The Morgan fingerprint density at radius 3 is 2.71 bits per heavy atom. The molecule has 28 heavy (non-hydrogen) atoms. The highest BCUT2D eigenvalue weighted by atomic mass is 32.1. The highest BCUT2D eigenvalue weighted by molar-refractivity contribution is 7.17. The van der Waals surface area contributed by atoms with E-state index in [1.807, 2.05) is 42.6 Å². The van der Waals surface area contributed by atoms with Crippen LogP contribution in [0.25, 0.3) is 32.9 Å². The van der Waals surface area contributed by atoms with Crippen molar-refractivity contribution in [2.24, 2.45) is 5.73 Å². The number of thiophene rings is 1. The van der Waals surface area contributed by atoms with E-state index in [0.717, 1.165) is 16.7 Å². The lowest BCUT2D eigenvalue weighted by molar-refractivity contribution is -0.118. The maximum atomic E-state index is 13.4. The van der Waals surface area contributed by atoms with E-state index < -0.39 is 0 Å². The minimum absolute atomic E-state index is 0.141. The number of rotatable bonds is 6. The molecular weight excluding hydrogens is 374 g/mol. The number of furan rings is 1. The fourth-order valence-electron chi connectivity index (χ4n) is 3.18. The van der Waals surface area contributed by atoms with Gasteiger partial charge < -0.3 is 10.2 Å². The van der Waals surface area contributed by atoms with Crippen LogP contribution in [0.1, 0.15) is 18.4 Å². The van der Waals surface area contributed by atoms with Crippen molar-refractivity contribution in [1.82, 2.24) is 9.55 Å². The first-order valence-corrected chi connectivity index (χ1v) is 9.84. The van der Waals surface area contributed by atoms with Crippen LogP contribution >= 0.6 is 11.3 Å². The monoisotopic (exact) mass is 393 g/mol. The van der Waals surface area contributed by atoms with E-state index in [9.17, 15) is 9.59 Å². The molecule has 1 aromatic carbocycles. The number of nitrogens with two attached hydrogens (primary N) is 1. The van der Waals surface area contributed by atoms with Gasteiger partial charge in [0.25, 0.3) is 5.56 Å². The predicted octanol–water partition coefficient (Wildman–Crippen LogP) is 3.96. The molecule has 0 radical (unpaired) electrons. The summed E-state index contributed by atoms with van der Waals surface area (Å²) < 4.78 is 7.13. The van der Waals surface area contributed by atoms with Crippen LogP contribution in [0.3, 0.4) is 0 Å². The third-order valence-corrected chi connectivity index (χ3v) is 5.47.